The summed E-state index contributed by atoms with van der Waals surface area (Å²) < 4.78 is 0. The second kappa shape index (κ2) is 7.00. The Kier molecular flexibility index (Phi) is 5.96. The van der Waals surface area contributed by atoms with Crippen LogP contribution in [0.15, 0.2) is 0 Å². The highest BCUT2D eigenvalue weighted by atomic mass is 16.2. The predicted molar refractivity (Wildman–Crippen MR) is 71.7 cm³/mol. The Morgan fingerprint density at radius 1 is 1.29 bits per heavy atom. The van der Waals surface area contributed by atoms with Crippen LogP contribution in [0.4, 0.5) is 0 Å². The lowest BCUT2D eigenvalue weighted by Crippen LogP contribution is -2.38. The molecule has 1 heterocycles. The molecule has 0 bridgehead atoms. The minimum Gasteiger partial charge on any atom is -0.326 e. The van der Waals surface area contributed by atoms with Crippen LogP contribution in [0.5, 0.6) is 0 Å². The Balaban J connectivity index is 2.67. The van der Waals surface area contributed by atoms with Gasteiger partial charge in [0.25, 0.3) is 0 Å². The fourth-order valence-corrected chi connectivity index (χ4v) is 2.45. The van der Waals surface area contributed by atoms with Gasteiger partial charge in [0.15, 0.2) is 0 Å². The van der Waals surface area contributed by atoms with Crippen molar-refractivity contribution in [3.05, 3.63) is 0 Å². The average molecular weight is 240 g/mol. The van der Waals surface area contributed by atoms with E-state index >= 15 is 0 Å². The Hall–Kier alpha value is -0.570. The number of amides is 1. The molecule has 0 spiro atoms. The number of nitrogens with zero attached hydrogens (tertiary/aromatic N) is 1. The van der Waals surface area contributed by atoms with Gasteiger partial charge in [0.1, 0.15) is 0 Å². The Morgan fingerprint density at radius 2 is 2.00 bits per heavy atom. The van der Waals surface area contributed by atoms with Gasteiger partial charge >= 0.3 is 0 Å². The summed E-state index contributed by atoms with van der Waals surface area (Å²) in [6, 6.07) is 0.0495. The van der Waals surface area contributed by atoms with Crippen molar-refractivity contribution in [1.82, 2.24) is 10.2 Å². The molecule has 1 saturated heterocycles. The van der Waals surface area contributed by atoms with E-state index in [1.165, 1.54) is 0 Å². The van der Waals surface area contributed by atoms with Crippen molar-refractivity contribution >= 4 is 5.91 Å². The van der Waals surface area contributed by atoms with Gasteiger partial charge in [-0.15, -0.1) is 0 Å². The molecule has 3 atom stereocenters. The number of rotatable bonds is 7. The summed E-state index contributed by atoms with van der Waals surface area (Å²) in [6.07, 6.45) is 5.79. The summed E-state index contributed by atoms with van der Waals surface area (Å²) in [6.45, 7) is 9.60. The first kappa shape index (κ1) is 14.5. The number of carbonyl (C=O) groups excluding carboxylic acids is 1. The van der Waals surface area contributed by atoms with Crippen molar-refractivity contribution in [2.75, 3.05) is 6.54 Å². The van der Waals surface area contributed by atoms with Gasteiger partial charge in [-0.2, -0.15) is 0 Å². The third-order valence-corrected chi connectivity index (χ3v) is 3.82. The molecule has 17 heavy (non-hydrogen) atoms. The van der Waals surface area contributed by atoms with Crippen molar-refractivity contribution in [2.45, 2.75) is 72.0 Å². The minimum atomic E-state index is 0.0495. The highest BCUT2D eigenvalue weighted by molar-refractivity contribution is 5.84. The Bertz CT molecular complexity index is 242. The van der Waals surface area contributed by atoms with Gasteiger partial charge in [-0.1, -0.05) is 47.0 Å². The monoisotopic (exact) mass is 240 g/mol. The lowest BCUT2D eigenvalue weighted by atomic mass is 9.99. The molecule has 3 unspecified atom stereocenters. The van der Waals surface area contributed by atoms with Crippen LogP contribution in [0.1, 0.15) is 59.8 Å². The van der Waals surface area contributed by atoms with Gasteiger partial charge in [0, 0.05) is 6.54 Å². The highest BCUT2D eigenvalue weighted by Crippen LogP contribution is 2.22. The van der Waals surface area contributed by atoms with E-state index in [0.717, 1.165) is 38.6 Å². The van der Waals surface area contributed by atoms with Gasteiger partial charge in [-0.25, -0.2) is 0 Å². The van der Waals surface area contributed by atoms with Crippen molar-refractivity contribution in [2.24, 2.45) is 5.92 Å². The molecule has 0 aromatic rings. The van der Waals surface area contributed by atoms with Crippen LogP contribution in [0.3, 0.4) is 0 Å². The Morgan fingerprint density at radius 3 is 2.53 bits per heavy atom. The molecule has 1 N–H and O–H groups in total. The molecule has 100 valence electrons. The zero-order valence-electron chi connectivity index (χ0n) is 11.8. The first-order chi connectivity index (χ1) is 8.15. The van der Waals surface area contributed by atoms with E-state index in [1.807, 2.05) is 0 Å². The third-order valence-electron chi connectivity index (χ3n) is 3.82. The summed E-state index contributed by atoms with van der Waals surface area (Å²) in [5, 5.41) is 3.53. The molecule has 0 aliphatic carbocycles. The van der Waals surface area contributed by atoms with Gasteiger partial charge in [-0.3, -0.25) is 10.1 Å². The molecule has 0 saturated carbocycles. The molecule has 1 aliphatic heterocycles. The standard InChI is InChI=1S/C14H28N2O/c1-5-8-10-16-12(9-6-2)15-13(14(16)17)11(4)7-3/h11-13,15H,5-10H2,1-4H3. The Labute approximate surface area is 106 Å². The third kappa shape index (κ3) is 3.44. The van der Waals surface area contributed by atoms with E-state index < -0.39 is 0 Å². The summed E-state index contributed by atoms with van der Waals surface area (Å²) in [5.41, 5.74) is 0. The van der Waals surface area contributed by atoms with Crippen LogP contribution >= 0.6 is 0 Å². The number of carbonyl (C=O) groups is 1. The molecule has 1 fully saturated rings. The fourth-order valence-electron chi connectivity index (χ4n) is 2.45. The van der Waals surface area contributed by atoms with Gasteiger partial charge in [0.2, 0.25) is 5.91 Å². The molecule has 1 rings (SSSR count). The second-order valence-electron chi connectivity index (χ2n) is 5.22. The van der Waals surface area contributed by atoms with Crippen LogP contribution in [0, 0.1) is 5.92 Å². The summed E-state index contributed by atoms with van der Waals surface area (Å²) in [4.78, 5) is 14.4. The molecular weight excluding hydrogens is 212 g/mol. The largest absolute Gasteiger partial charge is 0.326 e. The fraction of sp³-hybridized carbons (Fsp3) is 0.929. The topological polar surface area (TPSA) is 32.3 Å². The van der Waals surface area contributed by atoms with Crippen molar-refractivity contribution < 1.29 is 4.79 Å². The van der Waals surface area contributed by atoms with E-state index in [2.05, 4.69) is 37.9 Å². The normalized spacial score (nSPS) is 26.6. The predicted octanol–water partition coefficient (Wildman–Crippen LogP) is 2.76. The molecule has 1 aliphatic rings. The maximum atomic E-state index is 12.4. The first-order valence-electron chi connectivity index (χ1n) is 7.22. The smallest absolute Gasteiger partial charge is 0.241 e. The highest BCUT2D eigenvalue weighted by Gasteiger charge is 2.39. The average Bonchev–Trinajstić information content (AvgIpc) is 2.63. The molecule has 3 heteroatoms. The zero-order valence-corrected chi connectivity index (χ0v) is 11.8. The van der Waals surface area contributed by atoms with Crippen LogP contribution in [0.25, 0.3) is 0 Å². The SMILES string of the molecule is CCCCN1C(=O)C(C(C)CC)NC1CCC. The minimum absolute atomic E-state index is 0.0495. The van der Waals surface area contributed by atoms with Crippen molar-refractivity contribution in [3.8, 4) is 0 Å². The van der Waals surface area contributed by atoms with Gasteiger partial charge < -0.3 is 4.90 Å². The quantitative estimate of drug-likeness (QED) is 0.742. The molecular formula is C14H28N2O. The van der Waals surface area contributed by atoms with E-state index in [0.29, 0.717) is 11.8 Å². The summed E-state index contributed by atoms with van der Waals surface area (Å²) in [7, 11) is 0. The lowest BCUT2D eigenvalue weighted by Gasteiger charge is -2.23. The van der Waals surface area contributed by atoms with Crippen molar-refractivity contribution in [1.29, 1.82) is 0 Å². The number of hydrogen-bond donors (Lipinski definition) is 1. The van der Waals surface area contributed by atoms with Crippen molar-refractivity contribution in [3.63, 3.8) is 0 Å². The molecule has 0 aromatic heterocycles. The molecule has 3 nitrogen and oxygen atoms in total. The van der Waals surface area contributed by atoms with Crippen LogP contribution in [0.2, 0.25) is 0 Å². The lowest BCUT2D eigenvalue weighted by molar-refractivity contribution is -0.131. The van der Waals surface area contributed by atoms with Gasteiger partial charge in [0.05, 0.1) is 12.2 Å². The number of unbranched alkanes of at least 4 members (excludes halogenated alkanes) is 1. The maximum absolute atomic E-state index is 12.4. The van der Waals surface area contributed by atoms with E-state index in [9.17, 15) is 4.79 Å². The summed E-state index contributed by atoms with van der Waals surface area (Å²) in [5.74, 6) is 0.764. The van der Waals surface area contributed by atoms with Crippen LogP contribution in [-0.4, -0.2) is 29.6 Å². The van der Waals surface area contributed by atoms with E-state index in [1.54, 1.807) is 0 Å². The second-order valence-corrected chi connectivity index (χ2v) is 5.22. The maximum Gasteiger partial charge on any atom is 0.241 e. The number of hydrogen-bond acceptors (Lipinski definition) is 2. The van der Waals surface area contributed by atoms with Crippen LogP contribution in [-0.2, 0) is 4.79 Å². The van der Waals surface area contributed by atoms with E-state index in [4.69, 9.17) is 0 Å². The molecule has 1 amide bonds. The first-order valence-corrected chi connectivity index (χ1v) is 7.22. The zero-order chi connectivity index (χ0) is 12.8. The van der Waals surface area contributed by atoms with Crippen LogP contribution < -0.4 is 5.32 Å². The van der Waals surface area contributed by atoms with E-state index in [-0.39, 0.29) is 12.2 Å². The summed E-state index contributed by atoms with van der Waals surface area (Å²) >= 11 is 0. The van der Waals surface area contributed by atoms with Gasteiger partial charge in [-0.05, 0) is 18.8 Å². The molecule has 0 aromatic carbocycles. The molecule has 0 radical (unpaired) electrons. The number of nitrogens with one attached hydrogen (secondary N) is 1.